The molecule has 1 unspecified atom stereocenters. The number of carbonyl (C=O) groups is 2. The summed E-state index contributed by atoms with van der Waals surface area (Å²) in [7, 11) is -3.10. The minimum Gasteiger partial charge on any atom is -0.492 e. The van der Waals surface area contributed by atoms with E-state index in [0.29, 0.717) is 24.5 Å². The number of anilines is 1. The van der Waals surface area contributed by atoms with Crippen LogP contribution in [-0.2, 0) is 26.0 Å². The van der Waals surface area contributed by atoms with Crippen molar-refractivity contribution < 1.29 is 22.7 Å². The molecule has 1 aliphatic heterocycles. The Hall–Kier alpha value is -2.87. The van der Waals surface area contributed by atoms with Gasteiger partial charge in [0.25, 0.3) is 0 Å². The zero-order chi connectivity index (χ0) is 21.7. The Bertz CT molecular complexity index is 1020. The summed E-state index contributed by atoms with van der Waals surface area (Å²) >= 11 is 0. The molecule has 0 saturated carbocycles. The number of benzene rings is 2. The lowest BCUT2D eigenvalue weighted by Gasteiger charge is -2.17. The zero-order valence-corrected chi connectivity index (χ0v) is 17.9. The first kappa shape index (κ1) is 21.8. The molecule has 1 aliphatic rings. The molecule has 30 heavy (non-hydrogen) atoms. The highest BCUT2D eigenvalue weighted by molar-refractivity contribution is 7.90. The van der Waals surface area contributed by atoms with Gasteiger partial charge in [-0.2, -0.15) is 0 Å². The Labute approximate surface area is 177 Å². The zero-order valence-electron chi connectivity index (χ0n) is 17.1. The molecule has 1 heterocycles. The molecule has 2 amide bonds. The highest BCUT2D eigenvalue weighted by Gasteiger charge is 2.34. The van der Waals surface area contributed by atoms with Crippen molar-refractivity contribution in [3.8, 4) is 5.75 Å². The van der Waals surface area contributed by atoms with Crippen molar-refractivity contribution in [2.45, 2.75) is 19.9 Å². The Balaban J connectivity index is 1.55. The van der Waals surface area contributed by atoms with Gasteiger partial charge in [0.1, 0.15) is 12.4 Å². The number of rotatable bonds is 8. The molecule has 0 spiro atoms. The Morgan fingerprint density at radius 1 is 1.20 bits per heavy atom. The number of ether oxygens (including phenoxy) is 1. The molecule has 8 heteroatoms. The molecule has 1 atom stereocenters. The number of hydrogen-bond donors (Lipinski definition) is 1. The minimum atomic E-state index is -3.10. The van der Waals surface area contributed by atoms with Crippen molar-refractivity contribution >= 4 is 27.3 Å². The van der Waals surface area contributed by atoms with Crippen LogP contribution in [0.25, 0.3) is 0 Å². The summed E-state index contributed by atoms with van der Waals surface area (Å²) in [5.74, 6) is -0.278. The van der Waals surface area contributed by atoms with Crippen LogP contribution in [-0.4, -0.2) is 50.3 Å². The fourth-order valence-corrected chi connectivity index (χ4v) is 3.62. The van der Waals surface area contributed by atoms with Crippen molar-refractivity contribution in [3.63, 3.8) is 0 Å². The number of nitrogens with one attached hydrogen (secondary N) is 1. The Kier molecular flexibility index (Phi) is 6.77. The highest BCUT2D eigenvalue weighted by atomic mass is 32.2. The number of hydrogen-bond acceptors (Lipinski definition) is 5. The number of carbonyl (C=O) groups excluding carboxylic acids is 2. The highest BCUT2D eigenvalue weighted by Crippen LogP contribution is 2.23. The molecule has 0 bridgehead atoms. The summed E-state index contributed by atoms with van der Waals surface area (Å²) < 4.78 is 27.8. The minimum absolute atomic E-state index is 0.0337. The fraction of sp³-hybridized carbons (Fsp3) is 0.364. The summed E-state index contributed by atoms with van der Waals surface area (Å²) in [6.07, 6.45) is 1.33. The molecule has 7 nitrogen and oxygen atoms in total. The standard InChI is InChI=1S/C22H26N2O5S/c1-16-6-8-17(9-7-16)14-24-15-18(12-21(24)25)22(26)23-19-4-3-5-20(13-19)29-10-11-30(2,27)28/h3-9,13,18H,10-12,14-15H2,1-2H3,(H,23,26). The van der Waals surface area contributed by atoms with Gasteiger partial charge in [0.05, 0.1) is 11.7 Å². The summed E-state index contributed by atoms with van der Waals surface area (Å²) in [4.78, 5) is 26.7. The summed E-state index contributed by atoms with van der Waals surface area (Å²) in [6.45, 7) is 2.92. The summed E-state index contributed by atoms with van der Waals surface area (Å²) in [5, 5.41) is 2.83. The van der Waals surface area contributed by atoms with Crippen LogP contribution in [0.3, 0.4) is 0 Å². The maximum atomic E-state index is 12.6. The number of amides is 2. The van der Waals surface area contributed by atoms with Crippen molar-refractivity contribution in [3.05, 3.63) is 59.7 Å². The van der Waals surface area contributed by atoms with Gasteiger partial charge in [-0.05, 0) is 24.6 Å². The molecular formula is C22H26N2O5S. The van der Waals surface area contributed by atoms with Gasteiger partial charge in [-0.25, -0.2) is 8.42 Å². The second-order valence-electron chi connectivity index (χ2n) is 7.66. The average Bonchev–Trinajstić information content (AvgIpc) is 3.04. The third-order valence-electron chi connectivity index (χ3n) is 4.90. The fourth-order valence-electron chi connectivity index (χ4n) is 3.23. The predicted octanol–water partition coefficient (Wildman–Crippen LogP) is 2.41. The predicted molar refractivity (Wildman–Crippen MR) is 115 cm³/mol. The molecule has 1 fully saturated rings. The maximum absolute atomic E-state index is 12.6. The Morgan fingerprint density at radius 2 is 1.93 bits per heavy atom. The first-order chi connectivity index (χ1) is 14.2. The van der Waals surface area contributed by atoms with E-state index in [1.807, 2.05) is 31.2 Å². The molecule has 0 aliphatic carbocycles. The van der Waals surface area contributed by atoms with E-state index in [-0.39, 0.29) is 30.6 Å². The summed E-state index contributed by atoms with van der Waals surface area (Å²) in [5.41, 5.74) is 2.74. The van der Waals surface area contributed by atoms with Crippen LogP contribution >= 0.6 is 0 Å². The van der Waals surface area contributed by atoms with Crippen LogP contribution in [0.15, 0.2) is 48.5 Å². The van der Waals surface area contributed by atoms with Gasteiger partial charge < -0.3 is 15.0 Å². The van der Waals surface area contributed by atoms with Crippen molar-refractivity contribution in [1.82, 2.24) is 4.90 Å². The van der Waals surface area contributed by atoms with Gasteiger partial charge in [-0.1, -0.05) is 35.9 Å². The third-order valence-corrected chi connectivity index (χ3v) is 5.81. The lowest BCUT2D eigenvalue weighted by atomic mass is 10.1. The number of sulfone groups is 1. The lowest BCUT2D eigenvalue weighted by Crippen LogP contribution is -2.28. The molecule has 160 valence electrons. The van der Waals surface area contributed by atoms with Crippen LogP contribution in [0.2, 0.25) is 0 Å². The second-order valence-corrected chi connectivity index (χ2v) is 9.92. The van der Waals surface area contributed by atoms with E-state index in [2.05, 4.69) is 5.32 Å². The quantitative estimate of drug-likeness (QED) is 0.694. The van der Waals surface area contributed by atoms with Crippen molar-refractivity contribution in [2.75, 3.05) is 30.5 Å². The topological polar surface area (TPSA) is 92.8 Å². The van der Waals surface area contributed by atoms with Crippen LogP contribution in [0, 0.1) is 12.8 Å². The van der Waals surface area contributed by atoms with E-state index in [1.54, 1.807) is 29.2 Å². The number of likely N-dealkylation sites (tertiary alicyclic amines) is 1. The number of nitrogens with zero attached hydrogens (tertiary/aromatic N) is 1. The molecule has 1 N–H and O–H groups in total. The van der Waals surface area contributed by atoms with Gasteiger partial charge in [-0.15, -0.1) is 0 Å². The van der Waals surface area contributed by atoms with E-state index in [0.717, 1.165) is 17.4 Å². The molecule has 2 aromatic rings. The molecule has 2 aromatic carbocycles. The van der Waals surface area contributed by atoms with Crippen LogP contribution in [0.5, 0.6) is 5.75 Å². The van der Waals surface area contributed by atoms with Crippen LogP contribution in [0.4, 0.5) is 5.69 Å². The SMILES string of the molecule is Cc1ccc(CN2CC(C(=O)Nc3cccc(OCCS(C)(=O)=O)c3)CC2=O)cc1. The number of aryl methyl sites for hydroxylation is 1. The molecule has 0 aromatic heterocycles. The van der Waals surface area contributed by atoms with Gasteiger partial charge in [0.15, 0.2) is 9.84 Å². The molecule has 3 rings (SSSR count). The maximum Gasteiger partial charge on any atom is 0.229 e. The first-order valence-corrected chi connectivity index (χ1v) is 11.8. The largest absolute Gasteiger partial charge is 0.492 e. The third kappa shape index (κ3) is 6.32. The van der Waals surface area contributed by atoms with E-state index >= 15 is 0 Å². The van der Waals surface area contributed by atoms with Gasteiger partial charge >= 0.3 is 0 Å². The summed E-state index contributed by atoms with van der Waals surface area (Å²) in [6, 6.07) is 14.8. The van der Waals surface area contributed by atoms with E-state index in [9.17, 15) is 18.0 Å². The van der Waals surface area contributed by atoms with E-state index in [1.165, 1.54) is 0 Å². The molecule has 0 radical (unpaired) electrons. The second kappa shape index (κ2) is 9.30. The molecule has 1 saturated heterocycles. The van der Waals surface area contributed by atoms with Gasteiger partial charge in [-0.3, -0.25) is 9.59 Å². The van der Waals surface area contributed by atoms with Crippen LogP contribution in [0.1, 0.15) is 17.5 Å². The van der Waals surface area contributed by atoms with Crippen molar-refractivity contribution in [2.24, 2.45) is 5.92 Å². The average molecular weight is 431 g/mol. The smallest absolute Gasteiger partial charge is 0.229 e. The van der Waals surface area contributed by atoms with Crippen LogP contribution < -0.4 is 10.1 Å². The van der Waals surface area contributed by atoms with Crippen molar-refractivity contribution in [1.29, 1.82) is 0 Å². The van der Waals surface area contributed by atoms with E-state index in [4.69, 9.17) is 4.74 Å². The first-order valence-electron chi connectivity index (χ1n) is 9.74. The van der Waals surface area contributed by atoms with Gasteiger partial charge in [0, 0.05) is 37.5 Å². The monoisotopic (exact) mass is 430 g/mol. The molecular weight excluding hydrogens is 404 g/mol. The lowest BCUT2D eigenvalue weighted by molar-refractivity contribution is -0.128. The van der Waals surface area contributed by atoms with E-state index < -0.39 is 15.8 Å². The Morgan fingerprint density at radius 3 is 2.63 bits per heavy atom. The normalized spacial score (nSPS) is 16.5. The van der Waals surface area contributed by atoms with Gasteiger partial charge in [0.2, 0.25) is 11.8 Å².